The molecule has 2 aromatic carbocycles. The zero-order valence-electron chi connectivity index (χ0n) is 18.7. The van der Waals surface area contributed by atoms with E-state index in [0.717, 1.165) is 12.5 Å². The van der Waals surface area contributed by atoms with Crippen LogP contribution in [-0.4, -0.2) is 35.8 Å². The average Bonchev–Trinajstić information content (AvgIpc) is 2.79. The summed E-state index contributed by atoms with van der Waals surface area (Å²) >= 11 is 0. The molecule has 2 aromatic rings. The summed E-state index contributed by atoms with van der Waals surface area (Å²) < 4.78 is 93.7. The van der Waals surface area contributed by atoms with E-state index >= 15 is 0 Å². The molecule has 1 atom stereocenters. The van der Waals surface area contributed by atoms with Gasteiger partial charge in [0.15, 0.2) is 0 Å². The summed E-state index contributed by atoms with van der Waals surface area (Å²) in [6.45, 7) is 3.26. The third-order valence-corrected chi connectivity index (χ3v) is 8.40. The Balaban J connectivity index is 2.30. The van der Waals surface area contributed by atoms with Crippen molar-refractivity contribution < 1.29 is 34.8 Å². The number of benzene rings is 2. The summed E-state index contributed by atoms with van der Waals surface area (Å²) in [5.41, 5.74) is -1.50. The highest BCUT2D eigenvalue weighted by atomic mass is 32.2. The average molecular weight is 521 g/mol. The van der Waals surface area contributed by atoms with Crippen molar-refractivity contribution >= 4 is 25.8 Å². The van der Waals surface area contributed by atoms with E-state index in [2.05, 4.69) is 5.32 Å². The topological polar surface area (TPSA) is 109 Å². The molecule has 2 N–H and O–H groups in total. The van der Waals surface area contributed by atoms with E-state index in [1.54, 1.807) is 6.07 Å². The molecule has 0 spiro atoms. The van der Waals surface area contributed by atoms with Crippen LogP contribution in [0.3, 0.4) is 0 Å². The minimum atomic E-state index is -5.04. The van der Waals surface area contributed by atoms with Crippen LogP contribution in [-0.2, 0) is 30.8 Å². The highest BCUT2D eigenvalue weighted by molar-refractivity contribution is 7.91. The fourth-order valence-electron chi connectivity index (χ4n) is 3.32. The number of sulfone groups is 1. The summed E-state index contributed by atoms with van der Waals surface area (Å²) in [5.74, 6) is -0.506. The monoisotopic (exact) mass is 520 g/mol. The summed E-state index contributed by atoms with van der Waals surface area (Å²) in [5, 5.41) is 2.56. The lowest BCUT2D eigenvalue weighted by Gasteiger charge is -2.17. The Hall–Kier alpha value is -2.44. The molecule has 0 fully saturated rings. The molecule has 7 nitrogen and oxygen atoms in total. The lowest BCUT2D eigenvalue weighted by Crippen LogP contribution is -2.38. The van der Waals surface area contributed by atoms with Crippen molar-refractivity contribution in [3.05, 3.63) is 54.1 Å². The molecule has 0 aliphatic rings. The second-order valence-corrected chi connectivity index (χ2v) is 11.2. The van der Waals surface area contributed by atoms with Gasteiger partial charge in [-0.3, -0.25) is 4.79 Å². The van der Waals surface area contributed by atoms with Crippen molar-refractivity contribution in [2.24, 2.45) is 5.92 Å². The number of sulfonamides is 1. The molecular weight excluding hydrogens is 493 g/mol. The Morgan fingerprint density at radius 2 is 1.59 bits per heavy atom. The molecule has 0 bridgehead atoms. The zero-order chi connectivity index (χ0) is 25.6. The Morgan fingerprint density at radius 3 is 2.15 bits per heavy atom. The van der Waals surface area contributed by atoms with Crippen molar-refractivity contribution in [2.75, 3.05) is 13.1 Å². The number of alkyl halides is 3. The maximum Gasteiger partial charge on any atom is 0.417 e. The van der Waals surface area contributed by atoms with Gasteiger partial charge in [-0.15, -0.1) is 0 Å². The standard InChI is InChI=1S/C22H27F3N2O5S2/c1-3-8-16(4-2)21(28)26-13-14-27-34(31,32)20-15-18(11-12-19(20)22(23,24)25)33(29,30)17-9-6-5-7-10-17/h5-7,9-12,15-16,27H,3-4,8,13-14H2,1-2H3,(H,26,28). The lowest BCUT2D eigenvalue weighted by atomic mass is 10.00. The Labute approximate surface area is 197 Å². The first kappa shape index (κ1) is 27.8. The molecule has 1 amide bonds. The number of nitrogens with one attached hydrogen (secondary N) is 2. The number of rotatable bonds is 11. The van der Waals surface area contributed by atoms with Gasteiger partial charge in [0.05, 0.1) is 20.2 Å². The molecule has 0 aromatic heterocycles. The predicted octanol–water partition coefficient (Wildman–Crippen LogP) is 3.76. The number of amides is 1. The minimum Gasteiger partial charge on any atom is -0.355 e. The smallest absolute Gasteiger partial charge is 0.355 e. The molecule has 0 saturated heterocycles. The molecule has 0 aliphatic heterocycles. The number of carbonyl (C=O) groups excluding carboxylic acids is 1. The van der Waals surface area contributed by atoms with Crippen molar-refractivity contribution in [2.45, 2.75) is 54.0 Å². The maximum atomic E-state index is 13.5. The van der Waals surface area contributed by atoms with E-state index in [0.29, 0.717) is 25.0 Å². The number of hydrogen-bond donors (Lipinski definition) is 2. The fourth-order valence-corrected chi connectivity index (χ4v) is 5.99. The van der Waals surface area contributed by atoms with Crippen LogP contribution in [0.5, 0.6) is 0 Å². The van der Waals surface area contributed by atoms with E-state index in [1.165, 1.54) is 24.3 Å². The van der Waals surface area contributed by atoms with Crippen LogP contribution in [0, 0.1) is 5.92 Å². The van der Waals surface area contributed by atoms with E-state index in [1.807, 2.05) is 18.6 Å². The molecule has 34 heavy (non-hydrogen) atoms. The first-order chi connectivity index (χ1) is 15.8. The number of carbonyl (C=O) groups is 1. The maximum absolute atomic E-state index is 13.5. The highest BCUT2D eigenvalue weighted by Gasteiger charge is 2.38. The normalized spacial score (nSPS) is 13.4. The van der Waals surface area contributed by atoms with Crippen molar-refractivity contribution in [3.8, 4) is 0 Å². The minimum absolute atomic E-state index is 0.137. The molecular formula is C22H27F3N2O5S2. The van der Waals surface area contributed by atoms with Crippen LogP contribution in [0.25, 0.3) is 0 Å². The molecule has 1 unspecified atom stereocenters. The van der Waals surface area contributed by atoms with Gasteiger partial charge < -0.3 is 5.32 Å². The molecule has 0 heterocycles. The SMILES string of the molecule is CCCC(CC)C(=O)NCCNS(=O)(=O)c1cc(S(=O)(=O)c2ccccc2)ccc1C(F)(F)F. The van der Waals surface area contributed by atoms with Gasteiger partial charge in [-0.05, 0) is 43.2 Å². The predicted molar refractivity (Wildman–Crippen MR) is 120 cm³/mol. The molecule has 2 rings (SSSR count). The van der Waals surface area contributed by atoms with Gasteiger partial charge in [-0.2, -0.15) is 13.2 Å². The van der Waals surface area contributed by atoms with Gasteiger partial charge in [0.2, 0.25) is 25.8 Å². The first-order valence-electron chi connectivity index (χ1n) is 10.6. The van der Waals surface area contributed by atoms with Crippen molar-refractivity contribution in [1.82, 2.24) is 10.0 Å². The molecule has 12 heteroatoms. The molecule has 188 valence electrons. The largest absolute Gasteiger partial charge is 0.417 e. The second kappa shape index (κ2) is 11.3. The summed E-state index contributed by atoms with van der Waals surface area (Å²) in [7, 11) is -9.01. The van der Waals surface area contributed by atoms with E-state index in [-0.39, 0.29) is 29.8 Å². The highest BCUT2D eigenvalue weighted by Crippen LogP contribution is 2.36. The summed E-state index contributed by atoms with van der Waals surface area (Å²) in [6.07, 6.45) is -2.99. The van der Waals surface area contributed by atoms with Crippen LogP contribution in [0.1, 0.15) is 38.7 Å². The fraction of sp³-hybridized carbons (Fsp3) is 0.409. The van der Waals surface area contributed by atoms with Crippen LogP contribution in [0.4, 0.5) is 13.2 Å². The van der Waals surface area contributed by atoms with Gasteiger partial charge in [-0.25, -0.2) is 21.6 Å². The van der Waals surface area contributed by atoms with Gasteiger partial charge in [-0.1, -0.05) is 38.5 Å². The van der Waals surface area contributed by atoms with Crippen molar-refractivity contribution in [1.29, 1.82) is 0 Å². The van der Waals surface area contributed by atoms with Gasteiger partial charge in [0.1, 0.15) is 0 Å². The second-order valence-electron chi connectivity index (χ2n) is 7.55. The third-order valence-electron chi connectivity index (χ3n) is 5.13. The van der Waals surface area contributed by atoms with Crippen LogP contribution in [0.15, 0.2) is 63.2 Å². The van der Waals surface area contributed by atoms with Crippen molar-refractivity contribution in [3.63, 3.8) is 0 Å². The van der Waals surface area contributed by atoms with E-state index in [4.69, 9.17) is 0 Å². The Morgan fingerprint density at radius 1 is 0.941 bits per heavy atom. The zero-order valence-corrected chi connectivity index (χ0v) is 20.4. The van der Waals surface area contributed by atoms with Gasteiger partial charge >= 0.3 is 6.18 Å². The van der Waals surface area contributed by atoms with E-state index < -0.39 is 41.4 Å². The Kier molecular flexibility index (Phi) is 9.26. The van der Waals surface area contributed by atoms with Crippen LogP contribution >= 0.6 is 0 Å². The summed E-state index contributed by atoms with van der Waals surface area (Å²) in [4.78, 5) is 10.1. The Bertz CT molecular complexity index is 1200. The summed E-state index contributed by atoms with van der Waals surface area (Å²) in [6, 6.07) is 8.61. The molecule has 0 aliphatic carbocycles. The third kappa shape index (κ3) is 6.80. The molecule has 0 radical (unpaired) electrons. The number of halogens is 3. The lowest BCUT2D eigenvalue weighted by molar-refractivity contribution is -0.140. The quantitative estimate of drug-likeness (QED) is 0.439. The van der Waals surface area contributed by atoms with Crippen LogP contribution in [0.2, 0.25) is 0 Å². The van der Waals surface area contributed by atoms with E-state index in [9.17, 15) is 34.8 Å². The first-order valence-corrected chi connectivity index (χ1v) is 13.6. The van der Waals surface area contributed by atoms with Gasteiger partial charge in [0.25, 0.3) is 0 Å². The number of hydrogen-bond acceptors (Lipinski definition) is 5. The van der Waals surface area contributed by atoms with Gasteiger partial charge in [0, 0.05) is 19.0 Å². The van der Waals surface area contributed by atoms with Crippen LogP contribution < -0.4 is 10.0 Å². The molecule has 0 saturated carbocycles.